The number of hydrogen-bond donors (Lipinski definition) is 2. The zero-order valence-corrected chi connectivity index (χ0v) is 10.9. The van der Waals surface area contributed by atoms with Gasteiger partial charge in [0.2, 0.25) is 5.91 Å². The highest BCUT2D eigenvalue weighted by molar-refractivity contribution is 5.85. The summed E-state index contributed by atoms with van der Waals surface area (Å²) >= 11 is 0. The van der Waals surface area contributed by atoms with E-state index in [9.17, 15) is 4.79 Å². The van der Waals surface area contributed by atoms with Gasteiger partial charge in [0.15, 0.2) is 0 Å². The Kier molecular flexibility index (Phi) is 5.06. The molecule has 16 heavy (non-hydrogen) atoms. The Hall–Kier alpha value is -0.280. The molecule has 4 heteroatoms. The second-order valence-electron chi connectivity index (χ2n) is 5.43. The van der Waals surface area contributed by atoms with Crippen molar-refractivity contribution in [2.75, 3.05) is 19.6 Å². The quantitative estimate of drug-likeness (QED) is 0.796. The molecule has 1 aliphatic carbocycles. The normalized spacial score (nSPS) is 27.4. The molecule has 0 bridgehead atoms. The molecule has 0 unspecified atom stereocenters. The Morgan fingerprint density at radius 2 is 2.12 bits per heavy atom. The van der Waals surface area contributed by atoms with Gasteiger partial charge in [-0.1, -0.05) is 19.8 Å². The molecule has 2 aliphatic rings. The Labute approximate surface area is 104 Å². The average molecular weight is 247 g/mol. The minimum atomic E-state index is 0. The van der Waals surface area contributed by atoms with E-state index in [-0.39, 0.29) is 24.2 Å². The summed E-state index contributed by atoms with van der Waals surface area (Å²) < 4.78 is 0. The molecular formula is C12H23ClN2O. The number of rotatable bonds is 3. The smallest absolute Gasteiger partial charge is 0.224 e. The Bertz CT molecular complexity index is 233. The first-order valence-corrected chi connectivity index (χ1v) is 6.18. The molecule has 1 saturated heterocycles. The third kappa shape index (κ3) is 3.36. The highest BCUT2D eigenvalue weighted by atomic mass is 35.5. The first-order chi connectivity index (χ1) is 7.20. The molecule has 1 aliphatic heterocycles. The molecule has 0 aromatic rings. The molecule has 94 valence electrons. The van der Waals surface area contributed by atoms with Crippen molar-refractivity contribution in [2.45, 2.75) is 39.0 Å². The van der Waals surface area contributed by atoms with Crippen LogP contribution in [0.1, 0.15) is 39.0 Å². The van der Waals surface area contributed by atoms with Crippen molar-refractivity contribution in [3.05, 3.63) is 0 Å². The molecule has 3 nitrogen and oxygen atoms in total. The Morgan fingerprint density at radius 3 is 2.69 bits per heavy atom. The second kappa shape index (κ2) is 5.87. The molecule has 0 aromatic carbocycles. The van der Waals surface area contributed by atoms with E-state index in [1.54, 1.807) is 0 Å². The summed E-state index contributed by atoms with van der Waals surface area (Å²) in [7, 11) is 0. The van der Waals surface area contributed by atoms with Crippen molar-refractivity contribution in [1.82, 2.24) is 10.6 Å². The van der Waals surface area contributed by atoms with Gasteiger partial charge in [-0.2, -0.15) is 0 Å². The zero-order chi connectivity index (χ0) is 10.7. The number of halogens is 1. The number of nitrogens with one attached hydrogen (secondary N) is 2. The maximum Gasteiger partial charge on any atom is 0.224 e. The van der Waals surface area contributed by atoms with E-state index in [1.807, 2.05) is 0 Å². The lowest BCUT2D eigenvalue weighted by Crippen LogP contribution is -2.38. The van der Waals surface area contributed by atoms with Crippen LogP contribution >= 0.6 is 12.4 Å². The third-order valence-electron chi connectivity index (χ3n) is 3.93. The number of hydrogen-bond acceptors (Lipinski definition) is 2. The molecule has 2 N–H and O–H groups in total. The molecule has 2 rings (SSSR count). The van der Waals surface area contributed by atoms with Crippen molar-refractivity contribution in [3.63, 3.8) is 0 Å². The molecule has 2 fully saturated rings. The predicted octanol–water partition coefficient (Wildman–Crippen LogP) is 1.71. The van der Waals surface area contributed by atoms with Gasteiger partial charge in [0, 0.05) is 13.1 Å². The highest BCUT2D eigenvalue weighted by Crippen LogP contribution is 2.36. The topological polar surface area (TPSA) is 41.1 Å². The van der Waals surface area contributed by atoms with Crippen LogP contribution in [-0.2, 0) is 4.79 Å². The third-order valence-corrected chi connectivity index (χ3v) is 3.93. The van der Waals surface area contributed by atoms with Crippen LogP contribution in [0.25, 0.3) is 0 Å². The second-order valence-corrected chi connectivity index (χ2v) is 5.43. The molecule has 0 spiro atoms. The van der Waals surface area contributed by atoms with Crippen LogP contribution < -0.4 is 10.6 Å². The van der Waals surface area contributed by atoms with Gasteiger partial charge in [0.25, 0.3) is 0 Å². The lowest BCUT2D eigenvalue weighted by atomic mass is 9.88. The van der Waals surface area contributed by atoms with Crippen molar-refractivity contribution in [2.24, 2.45) is 11.3 Å². The fourth-order valence-corrected chi connectivity index (χ4v) is 2.73. The van der Waals surface area contributed by atoms with E-state index in [4.69, 9.17) is 0 Å². The van der Waals surface area contributed by atoms with Crippen LogP contribution in [-0.4, -0.2) is 25.5 Å². The fourth-order valence-electron chi connectivity index (χ4n) is 2.73. The number of carbonyl (C=O) groups excluding carboxylic acids is 1. The molecule has 1 saturated carbocycles. The molecule has 1 heterocycles. The van der Waals surface area contributed by atoms with Crippen LogP contribution in [0.3, 0.4) is 0 Å². The SMILES string of the molecule is CC1(CNC(=O)[C@@H]2CCNC2)CCCC1.Cl. The number of amides is 1. The van der Waals surface area contributed by atoms with Gasteiger partial charge < -0.3 is 10.6 Å². The van der Waals surface area contributed by atoms with Crippen LogP contribution in [0.4, 0.5) is 0 Å². The maximum absolute atomic E-state index is 11.8. The van der Waals surface area contributed by atoms with Crippen molar-refractivity contribution in [1.29, 1.82) is 0 Å². The minimum Gasteiger partial charge on any atom is -0.355 e. The van der Waals surface area contributed by atoms with Crippen molar-refractivity contribution < 1.29 is 4.79 Å². The van der Waals surface area contributed by atoms with Gasteiger partial charge in [-0.3, -0.25) is 4.79 Å². The molecule has 0 radical (unpaired) electrons. The van der Waals surface area contributed by atoms with E-state index in [0.29, 0.717) is 5.41 Å². The number of carbonyl (C=O) groups is 1. The van der Waals surface area contributed by atoms with Gasteiger partial charge in [-0.25, -0.2) is 0 Å². The first kappa shape index (κ1) is 13.8. The van der Waals surface area contributed by atoms with Crippen LogP contribution in [0.2, 0.25) is 0 Å². The van der Waals surface area contributed by atoms with Crippen LogP contribution in [0.5, 0.6) is 0 Å². The molecular weight excluding hydrogens is 224 g/mol. The first-order valence-electron chi connectivity index (χ1n) is 6.18. The van der Waals surface area contributed by atoms with E-state index < -0.39 is 0 Å². The van der Waals surface area contributed by atoms with Crippen LogP contribution in [0.15, 0.2) is 0 Å². The molecule has 1 amide bonds. The lowest BCUT2D eigenvalue weighted by Gasteiger charge is -2.24. The summed E-state index contributed by atoms with van der Waals surface area (Å²) in [6.07, 6.45) is 6.21. The summed E-state index contributed by atoms with van der Waals surface area (Å²) in [5, 5.41) is 6.36. The summed E-state index contributed by atoms with van der Waals surface area (Å²) in [5.74, 6) is 0.475. The predicted molar refractivity (Wildman–Crippen MR) is 67.8 cm³/mol. The molecule has 0 aromatic heterocycles. The zero-order valence-electron chi connectivity index (χ0n) is 10.1. The summed E-state index contributed by atoms with van der Waals surface area (Å²) in [4.78, 5) is 11.8. The van der Waals surface area contributed by atoms with E-state index >= 15 is 0 Å². The van der Waals surface area contributed by atoms with Crippen molar-refractivity contribution in [3.8, 4) is 0 Å². The van der Waals surface area contributed by atoms with Gasteiger partial charge >= 0.3 is 0 Å². The minimum absolute atomic E-state index is 0. The van der Waals surface area contributed by atoms with E-state index in [0.717, 1.165) is 26.1 Å². The van der Waals surface area contributed by atoms with E-state index in [2.05, 4.69) is 17.6 Å². The van der Waals surface area contributed by atoms with Gasteiger partial charge in [0.1, 0.15) is 0 Å². The summed E-state index contributed by atoms with van der Waals surface area (Å²) in [6.45, 7) is 5.04. The van der Waals surface area contributed by atoms with Gasteiger partial charge in [0.05, 0.1) is 5.92 Å². The average Bonchev–Trinajstić information content (AvgIpc) is 2.85. The summed E-state index contributed by atoms with van der Waals surface area (Å²) in [6, 6.07) is 0. The van der Waals surface area contributed by atoms with Crippen LogP contribution in [0, 0.1) is 11.3 Å². The monoisotopic (exact) mass is 246 g/mol. The Balaban J connectivity index is 0.00000128. The van der Waals surface area contributed by atoms with Gasteiger partial charge in [-0.15, -0.1) is 12.4 Å². The summed E-state index contributed by atoms with van der Waals surface area (Å²) in [5.41, 5.74) is 0.377. The van der Waals surface area contributed by atoms with Gasteiger partial charge in [-0.05, 0) is 31.2 Å². The standard InChI is InChI=1S/C12H22N2O.ClH/c1-12(5-2-3-6-12)9-14-11(15)10-4-7-13-8-10;/h10,13H,2-9H2,1H3,(H,14,15);1H/t10-;/m1./s1. The lowest BCUT2D eigenvalue weighted by molar-refractivity contribution is -0.124. The van der Waals surface area contributed by atoms with E-state index in [1.165, 1.54) is 25.7 Å². The maximum atomic E-state index is 11.8. The highest BCUT2D eigenvalue weighted by Gasteiger charge is 2.30. The van der Waals surface area contributed by atoms with Crippen molar-refractivity contribution >= 4 is 18.3 Å². The fraction of sp³-hybridized carbons (Fsp3) is 0.917. The Morgan fingerprint density at radius 1 is 1.44 bits per heavy atom. The molecule has 1 atom stereocenters. The largest absolute Gasteiger partial charge is 0.355 e.